The molecule has 0 bridgehead atoms. The third-order valence-electron chi connectivity index (χ3n) is 4.59. The fourth-order valence-corrected chi connectivity index (χ4v) is 3.13. The number of likely N-dealkylation sites (N-methyl/N-ethyl adjacent to an activating group) is 1. The number of alkyl halides is 3. The van der Waals surface area contributed by atoms with Gasteiger partial charge in [-0.05, 0) is 49.6 Å². The van der Waals surface area contributed by atoms with E-state index in [0.717, 1.165) is 31.4 Å². The van der Waals surface area contributed by atoms with Gasteiger partial charge in [-0.1, -0.05) is 6.07 Å². The maximum absolute atomic E-state index is 12.9. The Labute approximate surface area is 161 Å². The Morgan fingerprint density at radius 1 is 1.29 bits per heavy atom. The van der Waals surface area contributed by atoms with E-state index in [4.69, 9.17) is 4.74 Å². The lowest BCUT2D eigenvalue weighted by Crippen LogP contribution is -2.37. The lowest BCUT2D eigenvalue weighted by molar-refractivity contribution is -0.137. The zero-order valence-electron chi connectivity index (χ0n) is 15.5. The summed E-state index contributed by atoms with van der Waals surface area (Å²) in [5.41, 5.74) is -0.271. The summed E-state index contributed by atoms with van der Waals surface area (Å²) in [5.74, 6) is -0.0556. The van der Waals surface area contributed by atoms with Crippen LogP contribution in [0, 0.1) is 0 Å². The van der Waals surface area contributed by atoms with Gasteiger partial charge >= 0.3 is 6.18 Å². The van der Waals surface area contributed by atoms with Crippen LogP contribution in [-0.4, -0.2) is 42.1 Å². The summed E-state index contributed by atoms with van der Waals surface area (Å²) >= 11 is 0. The Balaban J connectivity index is 1.76. The molecule has 8 heteroatoms. The summed E-state index contributed by atoms with van der Waals surface area (Å²) in [4.78, 5) is 18.6. The highest BCUT2D eigenvalue weighted by Crippen LogP contribution is 2.31. The lowest BCUT2D eigenvalue weighted by Gasteiger charge is -2.27. The van der Waals surface area contributed by atoms with Crippen molar-refractivity contribution in [3.05, 3.63) is 53.7 Å². The van der Waals surface area contributed by atoms with E-state index in [-0.39, 0.29) is 23.5 Å². The molecule has 1 atom stereocenters. The van der Waals surface area contributed by atoms with Gasteiger partial charge in [0.05, 0.1) is 17.2 Å². The Hall–Kier alpha value is -2.61. The number of benzene rings is 1. The van der Waals surface area contributed by atoms with Gasteiger partial charge in [-0.3, -0.25) is 4.79 Å². The fourth-order valence-electron chi connectivity index (χ4n) is 3.13. The molecule has 1 N–H and O–H groups in total. The lowest BCUT2D eigenvalue weighted by atomic mass is 10.1. The number of pyridine rings is 1. The molecule has 1 amide bonds. The van der Waals surface area contributed by atoms with E-state index in [0.29, 0.717) is 18.7 Å². The molecular formula is C20H22F3N3O2. The summed E-state index contributed by atoms with van der Waals surface area (Å²) in [6.45, 7) is 1.15. The predicted octanol–water partition coefficient (Wildman–Crippen LogP) is 4.49. The number of anilines is 2. The first-order valence-electron chi connectivity index (χ1n) is 9.11. The molecule has 2 heterocycles. The van der Waals surface area contributed by atoms with E-state index in [1.165, 1.54) is 18.3 Å². The number of amides is 1. The van der Waals surface area contributed by atoms with Crippen molar-refractivity contribution >= 4 is 17.4 Å². The normalized spacial score (nSPS) is 17.2. The van der Waals surface area contributed by atoms with Crippen molar-refractivity contribution in [1.82, 2.24) is 9.88 Å². The number of hydrogen-bond acceptors (Lipinski definition) is 4. The molecule has 1 aromatic carbocycles. The highest BCUT2D eigenvalue weighted by Gasteiger charge is 2.30. The molecule has 5 nitrogen and oxygen atoms in total. The molecule has 0 radical (unpaired) electrons. The van der Waals surface area contributed by atoms with Crippen molar-refractivity contribution in [2.24, 2.45) is 0 Å². The van der Waals surface area contributed by atoms with Crippen LogP contribution in [0.1, 0.15) is 35.2 Å². The molecule has 2 aromatic rings. The standard InChI is InChI=1S/C20H22F3N3O2/c1-26(13-16-8-2-3-11-28-16)19(27)17-9-5-10-24-18(17)25-15-7-4-6-14(12-15)20(21,22)23/h4-7,9-10,12,16H,2-3,8,11,13H2,1H3,(H,24,25). The second kappa shape index (κ2) is 8.60. The Morgan fingerprint density at radius 2 is 2.11 bits per heavy atom. The van der Waals surface area contributed by atoms with Crippen molar-refractivity contribution < 1.29 is 22.7 Å². The van der Waals surface area contributed by atoms with Crippen LogP contribution >= 0.6 is 0 Å². The predicted molar refractivity (Wildman–Crippen MR) is 99.5 cm³/mol. The van der Waals surface area contributed by atoms with E-state index in [2.05, 4.69) is 10.3 Å². The maximum atomic E-state index is 12.9. The zero-order valence-corrected chi connectivity index (χ0v) is 15.5. The third kappa shape index (κ3) is 5.01. The van der Waals surface area contributed by atoms with Gasteiger partial charge in [0, 0.05) is 32.1 Å². The molecule has 0 spiro atoms. The molecule has 28 heavy (non-hydrogen) atoms. The van der Waals surface area contributed by atoms with Gasteiger partial charge in [-0.25, -0.2) is 4.98 Å². The number of hydrogen-bond donors (Lipinski definition) is 1. The summed E-state index contributed by atoms with van der Waals surface area (Å²) in [6.07, 6.45) is 0.0424. The van der Waals surface area contributed by atoms with Gasteiger partial charge in [0.25, 0.3) is 5.91 Å². The topological polar surface area (TPSA) is 54.5 Å². The number of ether oxygens (including phenoxy) is 1. The number of carbonyl (C=O) groups excluding carboxylic acids is 1. The molecule has 0 aliphatic carbocycles. The average molecular weight is 393 g/mol. The van der Waals surface area contributed by atoms with Gasteiger partial charge in [-0.2, -0.15) is 13.2 Å². The molecular weight excluding hydrogens is 371 g/mol. The average Bonchev–Trinajstić information content (AvgIpc) is 2.68. The molecule has 0 saturated carbocycles. The second-order valence-corrected chi connectivity index (χ2v) is 6.78. The monoisotopic (exact) mass is 393 g/mol. The third-order valence-corrected chi connectivity index (χ3v) is 4.59. The van der Waals surface area contributed by atoms with E-state index in [9.17, 15) is 18.0 Å². The quantitative estimate of drug-likeness (QED) is 0.814. The molecule has 1 fully saturated rings. The number of halogens is 3. The van der Waals surface area contributed by atoms with Crippen molar-refractivity contribution in [3.63, 3.8) is 0 Å². The molecule has 1 saturated heterocycles. The van der Waals surface area contributed by atoms with Crippen LogP contribution in [0.15, 0.2) is 42.6 Å². The number of aromatic nitrogens is 1. The van der Waals surface area contributed by atoms with Gasteiger partial charge in [0.15, 0.2) is 0 Å². The van der Waals surface area contributed by atoms with E-state index < -0.39 is 11.7 Å². The van der Waals surface area contributed by atoms with E-state index in [1.807, 2.05) is 0 Å². The highest BCUT2D eigenvalue weighted by atomic mass is 19.4. The van der Waals surface area contributed by atoms with Crippen molar-refractivity contribution in [3.8, 4) is 0 Å². The van der Waals surface area contributed by atoms with Crippen LogP contribution in [0.3, 0.4) is 0 Å². The summed E-state index contributed by atoms with van der Waals surface area (Å²) in [6, 6.07) is 8.01. The number of carbonyl (C=O) groups is 1. The van der Waals surface area contributed by atoms with Crippen molar-refractivity contribution in [1.29, 1.82) is 0 Å². The fraction of sp³-hybridized carbons (Fsp3) is 0.400. The summed E-state index contributed by atoms with van der Waals surface area (Å²) in [5, 5.41) is 2.83. The Bertz CT molecular complexity index is 820. The van der Waals surface area contributed by atoms with E-state index in [1.54, 1.807) is 24.1 Å². The maximum Gasteiger partial charge on any atom is 0.416 e. The molecule has 1 aromatic heterocycles. The van der Waals surface area contributed by atoms with Crippen LogP contribution in [-0.2, 0) is 10.9 Å². The molecule has 1 unspecified atom stereocenters. The van der Waals surface area contributed by atoms with Crippen LogP contribution in [0.5, 0.6) is 0 Å². The molecule has 150 valence electrons. The second-order valence-electron chi connectivity index (χ2n) is 6.78. The van der Waals surface area contributed by atoms with Gasteiger partial charge < -0.3 is 15.0 Å². The molecule has 1 aliphatic heterocycles. The minimum Gasteiger partial charge on any atom is -0.376 e. The van der Waals surface area contributed by atoms with Gasteiger partial charge in [0.1, 0.15) is 5.82 Å². The minimum absolute atomic E-state index is 0.000697. The molecule has 1 aliphatic rings. The first-order valence-corrected chi connectivity index (χ1v) is 9.11. The van der Waals surface area contributed by atoms with Crippen molar-refractivity contribution in [2.75, 3.05) is 25.5 Å². The minimum atomic E-state index is -4.44. The SMILES string of the molecule is CN(CC1CCCCO1)C(=O)c1cccnc1Nc1cccc(C(F)(F)F)c1. The van der Waals surface area contributed by atoms with Crippen LogP contribution in [0.4, 0.5) is 24.7 Å². The van der Waals surface area contributed by atoms with Gasteiger partial charge in [0.2, 0.25) is 0 Å². The van der Waals surface area contributed by atoms with Crippen LogP contribution < -0.4 is 5.32 Å². The smallest absolute Gasteiger partial charge is 0.376 e. The number of nitrogens with zero attached hydrogens (tertiary/aromatic N) is 2. The van der Waals surface area contributed by atoms with Crippen molar-refractivity contribution in [2.45, 2.75) is 31.5 Å². The Morgan fingerprint density at radius 3 is 2.82 bits per heavy atom. The van der Waals surface area contributed by atoms with Crippen LogP contribution in [0.25, 0.3) is 0 Å². The number of nitrogens with one attached hydrogen (secondary N) is 1. The largest absolute Gasteiger partial charge is 0.416 e. The Kier molecular flexibility index (Phi) is 6.18. The summed E-state index contributed by atoms with van der Waals surface area (Å²) < 4.78 is 44.5. The summed E-state index contributed by atoms with van der Waals surface area (Å²) in [7, 11) is 1.68. The van der Waals surface area contributed by atoms with E-state index >= 15 is 0 Å². The molecule has 3 rings (SSSR count). The zero-order chi connectivity index (χ0) is 20.1. The van der Waals surface area contributed by atoms with Crippen LogP contribution in [0.2, 0.25) is 0 Å². The number of rotatable bonds is 5. The first-order chi connectivity index (χ1) is 13.3. The highest BCUT2D eigenvalue weighted by molar-refractivity contribution is 5.99. The first kappa shape index (κ1) is 20.1. The van der Waals surface area contributed by atoms with Gasteiger partial charge in [-0.15, -0.1) is 0 Å².